The molecule has 4 nitrogen and oxygen atoms in total. The first kappa shape index (κ1) is 14.0. The molecule has 5 heteroatoms. The van der Waals surface area contributed by atoms with Gasteiger partial charge in [-0.2, -0.15) is 0 Å². The van der Waals surface area contributed by atoms with E-state index in [1.54, 1.807) is 12.1 Å². The molecule has 19 heavy (non-hydrogen) atoms. The molecule has 0 aliphatic carbocycles. The number of rotatable bonds is 4. The second-order valence-electron chi connectivity index (χ2n) is 4.25. The smallest absolute Gasteiger partial charge is 0.273 e. The average molecular weight is 368 g/mol. The first-order valence-electron chi connectivity index (χ1n) is 5.81. The van der Waals surface area contributed by atoms with Crippen molar-refractivity contribution in [2.75, 3.05) is 0 Å². The van der Waals surface area contributed by atoms with E-state index in [4.69, 9.17) is 5.73 Å². The van der Waals surface area contributed by atoms with E-state index in [0.717, 1.165) is 9.13 Å². The Kier molecular flexibility index (Phi) is 4.49. The van der Waals surface area contributed by atoms with Gasteiger partial charge < -0.3 is 5.73 Å². The number of benzene rings is 2. The van der Waals surface area contributed by atoms with Gasteiger partial charge in [-0.1, -0.05) is 36.4 Å². The number of hydrogen-bond acceptors (Lipinski definition) is 3. The van der Waals surface area contributed by atoms with Crippen molar-refractivity contribution in [3.8, 4) is 0 Å². The fourth-order valence-electron chi connectivity index (χ4n) is 1.93. The van der Waals surface area contributed by atoms with Gasteiger partial charge in [-0.25, -0.2) is 0 Å². The topological polar surface area (TPSA) is 69.2 Å². The third kappa shape index (κ3) is 3.51. The highest BCUT2D eigenvalue weighted by Crippen LogP contribution is 2.25. The summed E-state index contributed by atoms with van der Waals surface area (Å²) in [4.78, 5) is 10.7. The Morgan fingerprint density at radius 1 is 1.21 bits per heavy atom. The molecule has 0 radical (unpaired) electrons. The van der Waals surface area contributed by atoms with Crippen LogP contribution in [0.15, 0.2) is 48.5 Å². The van der Waals surface area contributed by atoms with Crippen molar-refractivity contribution >= 4 is 28.3 Å². The van der Waals surface area contributed by atoms with Crippen molar-refractivity contribution in [2.24, 2.45) is 5.73 Å². The normalized spacial score (nSPS) is 12.1. The van der Waals surface area contributed by atoms with Crippen LogP contribution in [0, 0.1) is 13.7 Å². The molecule has 0 amide bonds. The summed E-state index contributed by atoms with van der Waals surface area (Å²) in [5.41, 5.74) is 7.90. The zero-order valence-electron chi connectivity index (χ0n) is 10.1. The Bertz CT molecular complexity index is 587. The third-order valence-electron chi connectivity index (χ3n) is 2.91. The highest BCUT2D eigenvalue weighted by atomic mass is 127. The predicted octanol–water partition coefficient (Wildman–Crippen LogP) is 3.44. The quantitative estimate of drug-likeness (QED) is 0.511. The highest BCUT2D eigenvalue weighted by molar-refractivity contribution is 14.1. The molecule has 2 N–H and O–H groups in total. The maximum Gasteiger partial charge on any atom is 0.273 e. The molecule has 2 aromatic carbocycles. The lowest BCUT2D eigenvalue weighted by molar-refractivity contribution is -0.385. The van der Waals surface area contributed by atoms with Crippen LogP contribution in [0.25, 0.3) is 0 Å². The Balaban J connectivity index is 2.26. The van der Waals surface area contributed by atoms with E-state index >= 15 is 0 Å². The minimum absolute atomic E-state index is 0.137. The molecule has 1 unspecified atom stereocenters. The Morgan fingerprint density at radius 3 is 2.53 bits per heavy atom. The van der Waals surface area contributed by atoms with Gasteiger partial charge >= 0.3 is 0 Å². The van der Waals surface area contributed by atoms with Gasteiger partial charge in [0.2, 0.25) is 0 Å². The fraction of sp³-hybridized carbons (Fsp3) is 0.143. The van der Waals surface area contributed by atoms with Crippen LogP contribution in [-0.2, 0) is 6.42 Å². The van der Waals surface area contributed by atoms with Crippen LogP contribution in [0.3, 0.4) is 0 Å². The summed E-state index contributed by atoms with van der Waals surface area (Å²) >= 11 is 2.06. The van der Waals surface area contributed by atoms with Crippen molar-refractivity contribution < 1.29 is 4.92 Å². The first-order valence-corrected chi connectivity index (χ1v) is 6.89. The summed E-state index contributed by atoms with van der Waals surface area (Å²) < 4.78 is 0.848. The molecule has 0 spiro atoms. The van der Waals surface area contributed by atoms with Crippen LogP contribution >= 0.6 is 22.6 Å². The van der Waals surface area contributed by atoms with Gasteiger partial charge in [0.25, 0.3) is 5.69 Å². The molecule has 98 valence electrons. The minimum atomic E-state index is -0.352. The van der Waals surface area contributed by atoms with Gasteiger partial charge in [0.1, 0.15) is 0 Å². The summed E-state index contributed by atoms with van der Waals surface area (Å²) in [5.74, 6) is 0. The van der Waals surface area contributed by atoms with Gasteiger partial charge in [0.05, 0.1) is 4.92 Å². The van der Waals surface area contributed by atoms with Crippen molar-refractivity contribution in [2.45, 2.75) is 12.5 Å². The predicted molar refractivity (Wildman–Crippen MR) is 82.9 cm³/mol. The number of halogens is 1. The van der Waals surface area contributed by atoms with Crippen molar-refractivity contribution in [1.82, 2.24) is 0 Å². The number of hydrogen-bond donors (Lipinski definition) is 1. The van der Waals surface area contributed by atoms with Crippen LogP contribution in [0.4, 0.5) is 5.69 Å². The number of nitrogens with two attached hydrogens (primary N) is 1. The summed E-state index contributed by atoms with van der Waals surface area (Å²) in [6.07, 6.45) is 0.456. The third-order valence-corrected chi connectivity index (χ3v) is 3.58. The van der Waals surface area contributed by atoms with Crippen molar-refractivity contribution in [3.63, 3.8) is 0 Å². The monoisotopic (exact) mass is 368 g/mol. The Hall–Kier alpha value is -1.47. The SMILES string of the molecule is NC(Cc1ccc(I)cc1[N+](=O)[O-])c1ccccc1. The lowest BCUT2D eigenvalue weighted by atomic mass is 9.99. The molecule has 0 aliphatic rings. The van der Waals surface area contributed by atoms with E-state index in [1.165, 1.54) is 0 Å². The largest absolute Gasteiger partial charge is 0.324 e. The molecule has 0 saturated carbocycles. The number of nitrogens with zero attached hydrogens (tertiary/aromatic N) is 1. The molecule has 2 rings (SSSR count). The Morgan fingerprint density at radius 2 is 1.89 bits per heavy atom. The van der Waals surface area contributed by atoms with Crippen molar-refractivity contribution in [3.05, 3.63) is 73.3 Å². The molecule has 0 fully saturated rings. The molecule has 0 bridgehead atoms. The molecule has 0 aliphatic heterocycles. The summed E-state index contributed by atoms with van der Waals surface area (Å²) in [6, 6.07) is 14.6. The number of nitro benzene ring substituents is 1. The van der Waals surface area contributed by atoms with E-state index < -0.39 is 0 Å². The summed E-state index contributed by atoms with van der Waals surface area (Å²) in [6.45, 7) is 0. The molecule has 0 heterocycles. The van der Waals surface area contributed by atoms with Gasteiger partial charge in [-0.05, 0) is 40.6 Å². The highest BCUT2D eigenvalue weighted by Gasteiger charge is 2.17. The molecule has 2 aromatic rings. The van der Waals surface area contributed by atoms with E-state index in [9.17, 15) is 10.1 Å². The minimum Gasteiger partial charge on any atom is -0.324 e. The molecule has 0 aromatic heterocycles. The van der Waals surface area contributed by atoms with Crippen LogP contribution in [-0.4, -0.2) is 4.92 Å². The second kappa shape index (κ2) is 6.12. The average Bonchev–Trinajstić information content (AvgIpc) is 2.41. The van der Waals surface area contributed by atoms with Crippen molar-refractivity contribution in [1.29, 1.82) is 0 Å². The van der Waals surface area contributed by atoms with E-state index in [1.807, 2.05) is 36.4 Å². The summed E-state index contributed by atoms with van der Waals surface area (Å²) in [7, 11) is 0. The van der Waals surface area contributed by atoms with E-state index in [0.29, 0.717) is 12.0 Å². The van der Waals surface area contributed by atoms with Crippen LogP contribution in [0.1, 0.15) is 17.2 Å². The fourth-order valence-corrected chi connectivity index (χ4v) is 2.41. The standard InChI is InChI=1S/C14H13IN2O2/c15-12-7-6-11(14(9-12)17(18)19)8-13(16)10-4-2-1-3-5-10/h1-7,9,13H,8,16H2. The molecular formula is C14H13IN2O2. The van der Waals surface area contributed by atoms with E-state index in [2.05, 4.69) is 22.6 Å². The van der Waals surface area contributed by atoms with Gasteiger partial charge in [-0.3, -0.25) is 10.1 Å². The van der Waals surface area contributed by atoms with Crippen LogP contribution in [0.2, 0.25) is 0 Å². The van der Waals surface area contributed by atoms with E-state index in [-0.39, 0.29) is 16.7 Å². The molecule has 0 saturated heterocycles. The summed E-state index contributed by atoms with van der Waals surface area (Å²) in [5, 5.41) is 11.1. The van der Waals surface area contributed by atoms with Crippen LogP contribution < -0.4 is 5.73 Å². The second-order valence-corrected chi connectivity index (χ2v) is 5.50. The number of nitro groups is 1. The van der Waals surface area contributed by atoms with Gasteiger partial charge in [0.15, 0.2) is 0 Å². The first-order chi connectivity index (χ1) is 9.08. The zero-order valence-corrected chi connectivity index (χ0v) is 12.3. The zero-order chi connectivity index (χ0) is 13.8. The van der Waals surface area contributed by atoms with Gasteiger partial charge in [-0.15, -0.1) is 0 Å². The maximum absolute atomic E-state index is 11.1. The molecular weight excluding hydrogens is 355 g/mol. The lowest BCUT2D eigenvalue weighted by Gasteiger charge is -2.12. The Labute approximate surface area is 124 Å². The van der Waals surface area contributed by atoms with Gasteiger partial charge in [0, 0.05) is 21.2 Å². The van der Waals surface area contributed by atoms with Crippen LogP contribution in [0.5, 0.6) is 0 Å². The maximum atomic E-state index is 11.1. The lowest BCUT2D eigenvalue weighted by Crippen LogP contribution is -2.14. The molecule has 1 atom stereocenters.